The average Bonchev–Trinajstić information content (AvgIpc) is 3.54. The van der Waals surface area contributed by atoms with Crippen LogP contribution in [-0.4, -0.2) is 61.4 Å². The highest BCUT2D eigenvalue weighted by Gasteiger charge is 2.22. The van der Waals surface area contributed by atoms with E-state index in [0.717, 1.165) is 81.8 Å². The van der Waals surface area contributed by atoms with E-state index in [9.17, 15) is 5.11 Å². The second-order valence-electron chi connectivity index (χ2n) is 7.91. The summed E-state index contributed by atoms with van der Waals surface area (Å²) in [5, 5.41) is 16.4. The zero-order valence-electron chi connectivity index (χ0n) is 17.6. The van der Waals surface area contributed by atoms with Gasteiger partial charge in [-0.15, -0.1) is 24.0 Å². The summed E-state index contributed by atoms with van der Waals surface area (Å²) in [6, 6.07) is 8.21. The van der Waals surface area contributed by atoms with E-state index in [-0.39, 0.29) is 30.1 Å². The van der Waals surface area contributed by atoms with Gasteiger partial charge in [0.2, 0.25) is 0 Å². The Morgan fingerprint density at radius 1 is 1.17 bits per heavy atom. The molecule has 0 spiro atoms. The summed E-state index contributed by atoms with van der Waals surface area (Å²) in [5.41, 5.74) is 1.13. The molecular weight excluding hydrogens is 479 g/mol. The van der Waals surface area contributed by atoms with Crippen molar-refractivity contribution >= 4 is 29.9 Å². The van der Waals surface area contributed by atoms with Gasteiger partial charge in [-0.1, -0.05) is 18.2 Å². The van der Waals surface area contributed by atoms with Gasteiger partial charge in [-0.25, -0.2) is 4.99 Å². The Balaban J connectivity index is 0.00000300. The Kier molecular flexibility index (Phi) is 11.1. The molecule has 2 aliphatic rings. The van der Waals surface area contributed by atoms with Crippen molar-refractivity contribution in [1.29, 1.82) is 0 Å². The number of hydrogen-bond acceptors (Lipinski definition) is 4. The van der Waals surface area contributed by atoms with E-state index < -0.39 is 0 Å². The van der Waals surface area contributed by atoms with Crippen LogP contribution < -0.4 is 15.4 Å². The predicted octanol–water partition coefficient (Wildman–Crippen LogP) is 3.00. The third-order valence-corrected chi connectivity index (χ3v) is 5.40. The monoisotopic (exact) mass is 516 g/mol. The largest absolute Gasteiger partial charge is 0.493 e. The summed E-state index contributed by atoms with van der Waals surface area (Å²) in [5.74, 6) is 2.56. The third-order valence-electron chi connectivity index (χ3n) is 5.40. The van der Waals surface area contributed by atoms with Crippen LogP contribution in [0.5, 0.6) is 5.75 Å². The van der Waals surface area contributed by atoms with Crippen LogP contribution in [0, 0.1) is 5.92 Å². The van der Waals surface area contributed by atoms with Gasteiger partial charge in [-0.05, 0) is 57.6 Å². The smallest absolute Gasteiger partial charge is 0.191 e. The van der Waals surface area contributed by atoms with Crippen LogP contribution in [0.4, 0.5) is 0 Å². The molecule has 3 N–H and O–H groups in total. The van der Waals surface area contributed by atoms with Crippen molar-refractivity contribution in [2.45, 2.75) is 51.7 Å². The second-order valence-corrected chi connectivity index (χ2v) is 7.91. The minimum Gasteiger partial charge on any atom is -0.493 e. The van der Waals surface area contributed by atoms with Crippen molar-refractivity contribution in [2.75, 3.05) is 39.3 Å². The fourth-order valence-corrected chi connectivity index (χ4v) is 3.43. The van der Waals surface area contributed by atoms with Gasteiger partial charge in [-0.2, -0.15) is 0 Å². The van der Waals surface area contributed by atoms with Gasteiger partial charge in [0.25, 0.3) is 0 Å². The standard InChI is InChI=1S/C22H36N4O2.HI/c1-2-23-22(24-12-5-13-26-14-10-20(27)11-15-26)25-16-19-6-3-4-7-21(19)28-17-18-8-9-18;/h3-4,6-7,18,20,27H,2,5,8-17H2,1H3,(H2,23,24,25);1H. The van der Waals surface area contributed by atoms with Crippen LogP contribution in [0.25, 0.3) is 0 Å². The van der Waals surface area contributed by atoms with Crippen molar-refractivity contribution in [3.8, 4) is 5.75 Å². The topological polar surface area (TPSA) is 69.1 Å². The molecule has 2 fully saturated rings. The normalized spacial score (nSPS) is 18.2. The number of halogens is 1. The number of benzene rings is 1. The molecule has 1 saturated carbocycles. The van der Waals surface area contributed by atoms with Crippen molar-refractivity contribution in [3.05, 3.63) is 29.8 Å². The number of guanidine groups is 1. The molecule has 3 rings (SSSR count). The summed E-state index contributed by atoms with van der Waals surface area (Å²) in [6.45, 7) is 8.34. The molecule has 29 heavy (non-hydrogen) atoms. The molecule has 0 bridgehead atoms. The molecule has 6 nitrogen and oxygen atoms in total. The number of piperidine rings is 1. The maximum Gasteiger partial charge on any atom is 0.191 e. The summed E-state index contributed by atoms with van der Waals surface area (Å²) < 4.78 is 5.99. The van der Waals surface area contributed by atoms with Crippen molar-refractivity contribution in [3.63, 3.8) is 0 Å². The molecule has 0 radical (unpaired) electrons. The van der Waals surface area contributed by atoms with Crippen molar-refractivity contribution in [1.82, 2.24) is 15.5 Å². The van der Waals surface area contributed by atoms with E-state index in [1.54, 1.807) is 0 Å². The van der Waals surface area contributed by atoms with Gasteiger partial charge >= 0.3 is 0 Å². The van der Waals surface area contributed by atoms with Crippen molar-refractivity contribution in [2.24, 2.45) is 10.9 Å². The molecule has 1 saturated heterocycles. The lowest BCUT2D eigenvalue weighted by Crippen LogP contribution is -2.40. The van der Waals surface area contributed by atoms with E-state index in [2.05, 4.69) is 28.5 Å². The van der Waals surface area contributed by atoms with Crippen LogP contribution in [0.1, 0.15) is 44.6 Å². The van der Waals surface area contributed by atoms with E-state index >= 15 is 0 Å². The SMILES string of the molecule is CCNC(=NCc1ccccc1OCC1CC1)NCCCN1CCC(O)CC1.I. The molecule has 0 atom stereocenters. The highest BCUT2D eigenvalue weighted by atomic mass is 127. The molecule has 1 aromatic carbocycles. The average molecular weight is 516 g/mol. The van der Waals surface area contributed by atoms with Crippen LogP contribution in [0.3, 0.4) is 0 Å². The van der Waals surface area contributed by atoms with Gasteiger partial charge in [0, 0.05) is 31.7 Å². The third kappa shape index (κ3) is 9.09. The molecule has 1 aliphatic heterocycles. The lowest BCUT2D eigenvalue weighted by atomic mass is 10.1. The Morgan fingerprint density at radius 3 is 2.66 bits per heavy atom. The first-order chi connectivity index (χ1) is 13.7. The predicted molar refractivity (Wildman–Crippen MR) is 129 cm³/mol. The fraction of sp³-hybridized carbons (Fsp3) is 0.682. The number of aliphatic hydroxyl groups excluding tert-OH is 1. The molecular formula is C22H37IN4O2. The number of hydrogen-bond donors (Lipinski definition) is 3. The van der Waals surface area contributed by atoms with E-state index in [1.165, 1.54) is 12.8 Å². The van der Waals surface area contributed by atoms with Gasteiger partial charge < -0.3 is 25.4 Å². The zero-order chi connectivity index (χ0) is 19.6. The zero-order valence-corrected chi connectivity index (χ0v) is 19.9. The molecule has 1 heterocycles. The molecule has 0 aromatic heterocycles. The minimum absolute atomic E-state index is 0. The first-order valence-electron chi connectivity index (χ1n) is 10.9. The second kappa shape index (κ2) is 13.3. The van der Waals surface area contributed by atoms with Crippen LogP contribution in [-0.2, 0) is 6.54 Å². The molecule has 164 valence electrons. The summed E-state index contributed by atoms with van der Waals surface area (Å²) in [7, 11) is 0. The highest BCUT2D eigenvalue weighted by Crippen LogP contribution is 2.30. The van der Waals surface area contributed by atoms with E-state index in [0.29, 0.717) is 6.54 Å². The van der Waals surface area contributed by atoms with Gasteiger partial charge in [0.15, 0.2) is 5.96 Å². The van der Waals surface area contributed by atoms with E-state index in [4.69, 9.17) is 9.73 Å². The molecule has 0 unspecified atom stereocenters. The number of ether oxygens (including phenoxy) is 1. The van der Waals surface area contributed by atoms with E-state index in [1.807, 2.05) is 18.2 Å². The fourth-order valence-electron chi connectivity index (χ4n) is 3.43. The van der Waals surface area contributed by atoms with Gasteiger partial charge in [0.05, 0.1) is 19.3 Å². The molecule has 1 aliphatic carbocycles. The molecule has 0 amide bonds. The Bertz CT molecular complexity index is 617. The number of aliphatic hydroxyl groups is 1. The number of rotatable bonds is 10. The number of likely N-dealkylation sites (tertiary alicyclic amines) is 1. The van der Waals surface area contributed by atoms with Crippen LogP contribution >= 0.6 is 24.0 Å². The lowest BCUT2D eigenvalue weighted by molar-refractivity contribution is 0.0823. The van der Waals surface area contributed by atoms with Crippen LogP contribution in [0.2, 0.25) is 0 Å². The molecule has 7 heteroatoms. The number of nitrogens with one attached hydrogen (secondary N) is 2. The Hall–Kier alpha value is -1.06. The highest BCUT2D eigenvalue weighted by molar-refractivity contribution is 14.0. The number of para-hydroxylation sites is 1. The summed E-state index contributed by atoms with van der Waals surface area (Å²) >= 11 is 0. The van der Waals surface area contributed by atoms with Crippen LogP contribution in [0.15, 0.2) is 29.3 Å². The Labute approximate surface area is 192 Å². The molecule has 1 aromatic rings. The number of nitrogens with zero attached hydrogens (tertiary/aromatic N) is 2. The van der Waals surface area contributed by atoms with Crippen molar-refractivity contribution < 1.29 is 9.84 Å². The Morgan fingerprint density at radius 2 is 1.93 bits per heavy atom. The first-order valence-corrected chi connectivity index (χ1v) is 10.9. The summed E-state index contributed by atoms with van der Waals surface area (Å²) in [6.07, 6.45) is 5.37. The maximum absolute atomic E-state index is 9.59. The first kappa shape index (κ1) is 24.2. The quantitative estimate of drug-likeness (QED) is 0.193. The minimum atomic E-state index is -0.0991. The number of aliphatic imine (C=N–C) groups is 1. The summed E-state index contributed by atoms with van der Waals surface area (Å²) in [4.78, 5) is 7.19. The van der Waals surface area contributed by atoms with Gasteiger partial charge in [-0.3, -0.25) is 0 Å². The maximum atomic E-state index is 9.59. The lowest BCUT2D eigenvalue weighted by Gasteiger charge is -2.29. The van der Waals surface area contributed by atoms with Gasteiger partial charge in [0.1, 0.15) is 5.75 Å².